The van der Waals surface area contributed by atoms with Gasteiger partial charge >= 0.3 is 6.03 Å². The molecule has 0 heterocycles. The first-order valence-electron chi connectivity index (χ1n) is 18.2. The number of unbranched alkanes of at least 4 members (excludes halogenated alkanes) is 18. The van der Waals surface area contributed by atoms with Gasteiger partial charge in [-0.05, 0) is 48.2 Å². The van der Waals surface area contributed by atoms with E-state index in [0.717, 1.165) is 48.6 Å². The minimum atomic E-state index is -0.113. The van der Waals surface area contributed by atoms with Gasteiger partial charge in [-0.15, -0.1) is 0 Å². The minimum Gasteiger partial charge on any atom is -0.494 e. The Morgan fingerprint density at radius 1 is 0.455 bits per heavy atom. The Kier molecular flexibility index (Phi) is 22.7. The number of carbonyl (C=O) groups is 1. The fourth-order valence-electron chi connectivity index (χ4n) is 5.48. The van der Waals surface area contributed by atoms with Gasteiger partial charge in [0.25, 0.3) is 0 Å². The van der Waals surface area contributed by atoms with Crippen molar-refractivity contribution < 1.29 is 14.3 Å². The van der Waals surface area contributed by atoms with E-state index in [4.69, 9.17) is 9.47 Å². The van der Waals surface area contributed by atoms with Crippen molar-refractivity contribution in [1.29, 1.82) is 0 Å². The van der Waals surface area contributed by atoms with Crippen LogP contribution in [0.2, 0.25) is 0 Å². The molecule has 0 aliphatic rings. The number of benzene rings is 2. The maximum atomic E-state index is 12.0. The summed E-state index contributed by atoms with van der Waals surface area (Å²) in [6.07, 6.45) is 26.4. The molecule has 0 unspecified atom stereocenters. The summed E-state index contributed by atoms with van der Waals surface area (Å²) in [6.45, 7) is 6.97. The van der Waals surface area contributed by atoms with Crippen molar-refractivity contribution in [3.8, 4) is 22.6 Å². The molecule has 0 saturated heterocycles. The van der Waals surface area contributed by atoms with Crippen molar-refractivity contribution in [2.45, 2.75) is 142 Å². The van der Waals surface area contributed by atoms with Crippen LogP contribution in [0.25, 0.3) is 11.1 Å². The lowest BCUT2D eigenvalue weighted by atomic mass is 10.0. The second-order valence-corrected chi connectivity index (χ2v) is 12.3. The van der Waals surface area contributed by atoms with E-state index in [2.05, 4.69) is 48.7 Å². The first-order valence-corrected chi connectivity index (χ1v) is 18.2. The summed E-state index contributed by atoms with van der Waals surface area (Å²) in [6, 6.07) is 16.3. The van der Waals surface area contributed by atoms with E-state index < -0.39 is 0 Å². The standard InChI is InChI=1S/C39H64N2O3/c1-3-5-7-9-11-12-13-14-15-16-17-18-19-21-31-40-39(42)41-32-34-44-38-29-25-36(26-30-38)35-23-27-37(28-24-35)43-33-22-20-10-8-6-4-2/h23-30H,3-22,31-34H2,1-2H3,(H2,40,41,42). The van der Waals surface area contributed by atoms with Crippen molar-refractivity contribution >= 4 is 6.03 Å². The van der Waals surface area contributed by atoms with Gasteiger partial charge in [-0.3, -0.25) is 0 Å². The van der Waals surface area contributed by atoms with Crippen LogP contribution < -0.4 is 20.1 Å². The molecular formula is C39H64N2O3. The fourth-order valence-corrected chi connectivity index (χ4v) is 5.48. The normalized spacial score (nSPS) is 11.0. The zero-order chi connectivity index (χ0) is 31.3. The summed E-state index contributed by atoms with van der Waals surface area (Å²) in [5.41, 5.74) is 2.29. The minimum absolute atomic E-state index is 0.113. The molecule has 0 aliphatic carbocycles. The molecule has 2 N–H and O–H groups in total. The van der Waals surface area contributed by atoms with Gasteiger partial charge < -0.3 is 20.1 Å². The third-order valence-electron chi connectivity index (χ3n) is 8.28. The molecule has 248 valence electrons. The number of ether oxygens (including phenoxy) is 2. The Hall–Kier alpha value is -2.69. The average molecular weight is 609 g/mol. The van der Waals surface area contributed by atoms with E-state index in [-0.39, 0.29) is 6.03 Å². The summed E-state index contributed by atoms with van der Waals surface area (Å²) < 4.78 is 11.7. The average Bonchev–Trinajstić information content (AvgIpc) is 3.05. The molecule has 5 heteroatoms. The van der Waals surface area contributed by atoms with Gasteiger partial charge in [-0.1, -0.05) is 154 Å². The lowest BCUT2D eigenvalue weighted by Gasteiger charge is -2.10. The monoisotopic (exact) mass is 608 g/mol. The molecule has 2 rings (SSSR count). The van der Waals surface area contributed by atoms with Crippen LogP contribution in [0.15, 0.2) is 48.5 Å². The molecule has 0 bridgehead atoms. The number of nitrogens with one attached hydrogen (secondary N) is 2. The van der Waals surface area contributed by atoms with Crippen molar-refractivity contribution in [1.82, 2.24) is 10.6 Å². The molecular weight excluding hydrogens is 544 g/mol. The molecule has 2 amide bonds. The highest BCUT2D eigenvalue weighted by Crippen LogP contribution is 2.25. The lowest BCUT2D eigenvalue weighted by Crippen LogP contribution is -2.38. The summed E-state index contributed by atoms with van der Waals surface area (Å²) in [5.74, 6) is 1.73. The summed E-state index contributed by atoms with van der Waals surface area (Å²) in [7, 11) is 0. The van der Waals surface area contributed by atoms with Gasteiger partial charge in [0.05, 0.1) is 13.2 Å². The maximum Gasteiger partial charge on any atom is 0.314 e. The fraction of sp³-hybridized carbons (Fsp3) is 0.667. The summed E-state index contributed by atoms with van der Waals surface area (Å²) >= 11 is 0. The number of hydrogen-bond acceptors (Lipinski definition) is 3. The van der Waals surface area contributed by atoms with E-state index in [9.17, 15) is 4.79 Å². The Labute approximate surface area is 270 Å². The van der Waals surface area contributed by atoms with Gasteiger partial charge in [0.15, 0.2) is 0 Å². The van der Waals surface area contributed by atoms with Crippen LogP contribution in [0.4, 0.5) is 4.79 Å². The molecule has 0 atom stereocenters. The zero-order valence-corrected chi connectivity index (χ0v) is 28.3. The predicted molar refractivity (Wildman–Crippen MR) is 188 cm³/mol. The van der Waals surface area contributed by atoms with Crippen molar-refractivity contribution in [3.63, 3.8) is 0 Å². The van der Waals surface area contributed by atoms with Crippen LogP contribution in [0.3, 0.4) is 0 Å². The molecule has 2 aromatic carbocycles. The predicted octanol–water partition coefficient (Wildman–Crippen LogP) is 11.3. The van der Waals surface area contributed by atoms with E-state index in [1.54, 1.807) is 0 Å². The largest absolute Gasteiger partial charge is 0.494 e. The van der Waals surface area contributed by atoms with E-state index in [1.807, 2.05) is 24.3 Å². The first kappa shape index (κ1) is 37.5. The van der Waals surface area contributed by atoms with E-state index in [0.29, 0.717) is 13.2 Å². The van der Waals surface area contributed by atoms with Crippen LogP contribution in [0.5, 0.6) is 11.5 Å². The number of hydrogen-bond donors (Lipinski definition) is 2. The Balaban J connectivity index is 1.43. The zero-order valence-electron chi connectivity index (χ0n) is 28.3. The Morgan fingerprint density at radius 2 is 0.818 bits per heavy atom. The molecule has 0 spiro atoms. The third kappa shape index (κ3) is 19.6. The lowest BCUT2D eigenvalue weighted by molar-refractivity contribution is 0.236. The quantitative estimate of drug-likeness (QED) is 0.0945. The van der Waals surface area contributed by atoms with Gasteiger partial charge in [-0.2, -0.15) is 0 Å². The van der Waals surface area contributed by atoms with Crippen LogP contribution in [-0.4, -0.2) is 32.3 Å². The van der Waals surface area contributed by atoms with E-state index in [1.165, 1.54) is 116 Å². The Bertz CT molecular complexity index is 929. The number of urea groups is 1. The molecule has 5 nitrogen and oxygen atoms in total. The van der Waals surface area contributed by atoms with Gasteiger partial charge in [-0.25, -0.2) is 4.79 Å². The smallest absolute Gasteiger partial charge is 0.314 e. The molecule has 0 fully saturated rings. The highest BCUT2D eigenvalue weighted by Gasteiger charge is 2.03. The molecule has 0 aliphatic heterocycles. The third-order valence-corrected chi connectivity index (χ3v) is 8.28. The van der Waals surface area contributed by atoms with Gasteiger partial charge in [0, 0.05) is 6.54 Å². The van der Waals surface area contributed by atoms with Crippen LogP contribution in [0.1, 0.15) is 142 Å². The van der Waals surface area contributed by atoms with E-state index >= 15 is 0 Å². The van der Waals surface area contributed by atoms with Crippen molar-refractivity contribution in [2.24, 2.45) is 0 Å². The number of rotatable bonds is 28. The van der Waals surface area contributed by atoms with Crippen LogP contribution in [-0.2, 0) is 0 Å². The number of carbonyl (C=O) groups excluding carboxylic acids is 1. The Morgan fingerprint density at radius 3 is 1.27 bits per heavy atom. The molecule has 44 heavy (non-hydrogen) atoms. The van der Waals surface area contributed by atoms with Gasteiger partial charge in [0.2, 0.25) is 0 Å². The first-order chi connectivity index (χ1) is 21.7. The second kappa shape index (κ2) is 26.7. The van der Waals surface area contributed by atoms with Crippen molar-refractivity contribution in [3.05, 3.63) is 48.5 Å². The molecule has 0 saturated carbocycles. The molecule has 0 radical (unpaired) electrons. The maximum absolute atomic E-state index is 12.0. The summed E-state index contributed by atoms with van der Waals surface area (Å²) in [5, 5.41) is 5.85. The van der Waals surface area contributed by atoms with Crippen LogP contribution >= 0.6 is 0 Å². The summed E-state index contributed by atoms with van der Waals surface area (Å²) in [4.78, 5) is 12.0. The second-order valence-electron chi connectivity index (χ2n) is 12.3. The molecule has 2 aromatic rings. The highest BCUT2D eigenvalue weighted by atomic mass is 16.5. The highest BCUT2D eigenvalue weighted by molar-refractivity contribution is 5.73. The SMILES string of the molecule is CCCCCCCCCCCCCCCCNC(=O)NCCOc1ccc(-c2ccc(OCCCCCCCC)cc2)cc1. The van der Waals surface area contributed by atoms with Crippen LogP contribution in [0, 0.1) is 0 Å². The number of amides is 2. The topological polar surface area (TPSA) is 59.6 Å². The molecule has 0 aromatic heterocycles. The van der Waals surface area contributed by atoms with Gasteiger partial charge in [0.1, 0.15) is 18.1 Å². The van der Waals surface area contributed by atoms with Crippen molar-refractivity contribution in [2.75, 3.05) is 26.3 Å².